The smallest absolute Gasteiger partial charge is 0.211 e. The van der Waals surface area contributed by atoms with Crippen molar-refractivity contribution in [2.75, 3.05) is 18.8 Å². The van der Waals surface area contributed by atoms with Gasteiger partial charge in [-0.1, -0.05) is 0 Å². The zero-order chi connectivity index (χ0) is 13.6. The molecule has 0 unspecified atom stereocenters. The van der Waals surface area contributed by atoms with Crippen LogP contribution in [0.3, 0.4) is 0 Å². The molecular weight excluding hydrogens is 262 g/mol. The summed E-state index contributed by atoms with van der Waals surface area (Å²) in [5.74, 6) is 0.197. The number of hydrogen-bond acceptors (Lipinski definition) is 4. The van der Waals surface area contributed by atoms with E-state index in [-0.39, 0.29) is 5.75 Å². The fourth-order valence-electron chi connectivity index (χ4n) is 1.83. The van der Waals surface area contributed by atoms with E-state index < -0.39 is 10.0 Å². The summed E-state index contributed by atoms with van der Waals surface area (Å²) in [4.78, 5) is 3.93. The van der Waals surface area contributed by atoms with Crippen LogP contribution in [-0.4, -0.2) is 38.3 Å². The van der Waals surface area contributed by atoms with E-state index in [1.807, 2.05) is 12.1 Å². The molecule has 0 amide bonds. The Hall–Kier alpha value is -0.980. The van der Waals surface area contributed by atoms with Crippen LogP contribution in [0.2, 0.25) is 0 Å². The summed E-state index contributed by atoms with van der Waals surface area (Å²) in [6.07, 6.45) is 7.26. The highest BCUT2D eigenvalue weighted by atomic mass is 32.2. The maximum atomic E-state index is 11.7. The average Bonchev–Trinajstić information content (AvgIpc) is 3.20. The zero-order valence-electron chi connectivity index (χ0n) is 11.0. The van der Waals surface area contributed by atoms with Gasteiger partial charge in [-0.2, -0.15) is 0 Å². The van der Waals surface area contributed by atoms with Crippen LogP contribution < -0.4 is 10.0 Å². The summed E-state index contributed by atoms with van der Waals surface area (Å²) in [5, 5.41) is 3.31. The number of sulfonamides is 1. The molecule has 106 valence electrons. The second-order valence-electron chi connectivity index (χ2n) is 4.90. The summed E-state index contributed by atoms with van der Waals surface area (Å²) < 4.78 is 26.1. The number of pyridine rings is 1. The first-order valence-electron chi connectivity index (χ1n) is 6.75. The highest BCUT2D eigenvalue weighted by Gasteiger charge is 2.20. The molecule has 0 atom stereocenters. The number of rotatable bonds is 9. The van der Waals surface area contributed by atoms with Gasteiger partial charge in [0.25, 0.3) is 0 Å². The quantitative estimate of drug-likeness (QED) is 0.654. The van der Waals surface area contributed by atoms with E-state index in [1.165, 1.54) is 12.8 Å². The van der Waals surface area contributed by atoms with Crippen LogP contribution in [0.5, 0.6) is 0 Å². The first-order valence-corrected chi connectivity index (χ1v) is 8.40. The molecule has 5 nitrogen and oxygen atoms in total. The second-order valence-corrected chi connectivity index (χ2v) is 6.83. The zero-order valence-corrected chi connectivity index (χ0v) is 11.8. The van der Waals surface area contributed by atoms with Crippen LogP contribution in [0, 0.1) is 0 Å². The van der Waals surface area contributed by atoms with Crippen molar-refractivity contribution in [1.82, 2.24) is 15.0 Å². The van der Waals surface area contributed by atoms with Gasteiger partial charge in [0.1, 0.15) is 0 Å². The molecule has 1 heterocycles. The largest absolute Gasteiger partial charge is 0.314 e. The lowest BCUT2D eigenvalue weighted by atomic mass is 10.2. The lowest BCUT2D eigenvalue weighted by Crippen LogP contribution is -2.30. The van der Waals surface area contributed by atoms with Crippen LogP contribution in [0.25, 0.3) is 0 Å². The van der Waals surface area contributed by atoms with Crippen LogP contribution >= 0.6 is 0 Å². The normalized spacial score (nSPS) is 15.6. The minimum atomic E-state index is -3.13. The number of nitrogens with one attached hydrogen (secondary N) is 2. The monoisotopic (exact) mass is 283 g/mol. The summed E-state index contributed by atoms with van der Waals surface area (Å²) in [6, 6.07) is 4.43. The maximum Gasteiger partial charge on any atom is 0.211 e. The number of nitrogens with zero attached hydrogens (tertiary/aromatic N) is 1. The van der Waals surface area contributed by atoms with Crippen molar-refractivity contribution < 1.29 is 8.42 Å². The SMILES string of the molecule is O=S(=O)(CCCNC1CC1)NCCc1ccncc1. The second kappa shape index (κ2) is 6.98. The molecule has 1 fully saturated rings. The van der Waals surface area contributed by atoms with Gasteiger partial charge < -0.3 is 5.32 Å². The van der Waals surface area contributed by atoms with Crippen molar-refractivity contribution >= 4 is 10.0 Å². The van der Waals surface area contributed by atoms with E-state index in [0.717, 1.165) is 12.1 Å². The van der Waals surface area contributed by atoms with Crippen LogP contribution in [0.4, 0.5) is 0 Å². The Kier molecular flexibility index (Phi) is 5.30. The molecule has 0 bridgehead atoms. The minimum absolute atomic E-state index is 0.197. The van der Waals surface area contributed by atoms with Gasteiger partial charge in [-0.25, -0.2) is 13.1 Å². The van der Waals surface area contributed by atoms with Crippen LogP contribution in [0.15, 0.2) is 24.5 Å². The topological polar surface area (TPSA) is 71.1 Å². The van der Waals surface area contributed by atoms with Gasteiger partial charge in [0.15, 0.2) is 0 Å². The molecule has 1 saturated carbocycles. The van der Waals surface area contributed by atoms with E-state index in [4.69, 9.17) is 0 Å². The molecule has 0 aromatic carbocycles. The fourth-order valence-corrected chi connectivity index (χ4v) is 2.91. The third-order valence-electron chi connectivity index (χ3n) is 3.09. The van der Waals surface area contributed by atoms with Crippen molar-refractivity contribution in [3.63, 3.8) is 0 Å². The highest BCUT2D eigenvalue weighted by Crippen LogP contribution is 2.18. The third-order valence-corrected chi connectivity index (χ3v) is 4.56. The van der Waals surface area contributed by atoms with Crippen molar-refractivity contribution in [1.29, 1.82) is 0 Å². The van der Waals surface area contributed by atoms with Gasteiger partial charge in [0, 0.05) is 25.0 Å². The van der Waals surface area contributed by atoms with E-state index in [0.29, 0.717) is 25.4 Å². The van der Waals surface area contributed by atoms with Gasteiger partial charge >= 0.3 is 0 Å². The number of hydrogen-bond donors (Lipinski definition) is 2. The van der Waals surface area contributed by atoms with E-state index >= 15 is 0 Å². The van der Waals surface area contributed by atoms with E-state index in [9.17, 15) is 8.42 Å². The molecule has 0 saturated heterocycles. The molecule has 0 spiro atoms. The Morgan fingerprint density at radius 1 is 1.21 bits per heavy atom. The van der Waals surface area contributed by atoms with Gasteiger partial charge in [0.05, 0.1) is 5.75 Å². The first-order chi connectivity index (χ1) is 9.16. The molecule has 2 N–H and O–H groups in total. The Labute approximate surface area is 114 Å². The molecule has 1 aromatic heterocycles. The van der Waals surface area contributed by atoms with Crippen LogP contribution in [-0.2, 0) is 16.4 Å². The summed E-state index contributed by atoms with van der Waals surface area (Å²) in [7, 11) is -3.13. The Bertz CT molecular complexity index is 472. The summed E-state index contributed by atoms with van der Waals surface area (Å²) in [6.45, 7) is 1.23. The number of aromatic nitrogens is 1. The molecular formula is C13H21N3O2S. The molecule has 0 aliphatic heterocycles. The van der Waals surface area contributed by atoms with Crippen molar-refractivity contribution in [3.8, 4) is 0 Å². The fraction of sp³-hybridized carbons (Fsp3) is 0.615. The average molecular weight is 283 g/mol. The molecule has 6 heteroatoms. The van der Waals surface area contributed by atoms with Gasteiger partial charge in [-0.15, -0.1) is 0 Å². The van der Waals surface area contributed by atoms with Crippen molar-refractivity contribution in [2.24, 2.45) is 0 Å². The predicted molar refractivity (Wildman–Crippen MR) is 75.4 cm³/mol. The molecule has 1 aliphatic carbocycles. The summed E-state index contributed by atoms with van der Waals surface area (Å²) in [5.41, 5.74) is 1.09. The van der Waals surface area contributed by atoms with E-state index in [2.05, 4.69) is 15.0 Å². The molecule has 2 rings (SSSR count). The van der Waals surface area contributed by atoms with Crippen molar-refractivity contribution in [3.05, 3.63) is 30.1 Å². The van der Waals surface area contributed by atoms with Crippen molar-refractivity contribution in [2.45, 2.75) is 31.7 Å². The van der Waals surface area contributed by atoms with Gasteiger partial charge in [-0.05, 0) is 49.9 Å². The molecule has 1 aromatic rings. The standard InChI is InChI=1S/C13H21N3O2S/c17-19(18,11-1-7-15-13-2-3-13)16-10-6-12-4-8-14-9-5-12/h4-5,8-9,13,15-16H,1-3,6-7,10-11H2. The third kappa shape index (κ3) is 6.13. The Morgan fingerprint density at radius 2 is 1.95 bits per heavy atom. The van der Waals surface area contributed by atoms with Gasteiger partial charge in [-0.3, -0.25) is 4.98 Å². The van der Waals surface area contributed by atoms with E-state index in [1.54, 1.807) is 12.4 Å². The summed E-state index contributed by atoms with van der Waals surface area (Å²) >= 11 is 0. The maximum absolute atomic E-state index is 11.7. The molecule has 1 aliphatic rings. The highest BCUT2D eigenvalue weighted by molar-refractivity contribution is 7.89. The first kappa shape index (κ1) is 14.4. The van der Waals surface area contributed by atoms with Gasteiger partial charge in [0.2, 0.25) is 10.0 Å². The lowest BCUT2D eigenvalue weighted by molar-refractivity contribution is 0.574. The van der Waals surface area contributed by atoms with Crippen LogP contribution in [0.1, 0.15) is 24.8 Å². The molecule has 19 heavy (non-hydrogen) atoms. The molecule has 0 radical (unpaired) electrons. The Morgan fingerprint density at radius 3 is 2.63 bits per heavy atom. The predicted octanol–water partition coefficient (Wildman–Crippen LogP) is 0.686. The minimum Gasteiger partial charge on any atom is -0.314 e. The Balaban J connectivity index is 1.60. The lowest BCUT2D eigenvalue weighted by Gasteiger charge is -2.07.